The van der Waals surface area contributed by atoms with E-state index < -0.39 is 0 Å². The van der Waals surface area contributed by atoms with Crippen molar-refractivity contribution in [3.63, 3.8) is 0 Å². The second kappa shape index (κ2) is 6.04. The molecule has 1 rings (SSSR count). The van der Waals surface area contributed by atoms with Crippen molar-refractivity contribution in [2.75, 3.05) is 13.1 Å². The standard InChI is InChI=1S/C13H25N3/c1-5-13(3,11-14-6-2)9-7-12-8-10-15-16(12)4/h8,10,14H,5-7,9,11H2,1-4H3. The molecular weight excluding hydrogens is 198 g/mol. The molecule has 0 bridgehead atoms. The summed E-state index contributed by atoms with van der Waals surface area (Å²) in [5, 5.41) is 7.67. The van der Waals surface area contributed by atoms with E-state index in [1.165, 1.54) is 18.5 Å². The van der Waals surface area contributed by atoms with E-state index in [1.54, 1.807) is 0 Å². The second-order valence-corrected chi connectivity index (χ2v) is 4.89. The number of nitrogens with zero attached hydrogens (tertiary/aromatic N) is 2. The van der Waals surface area contributed by atoms with Crippen LogP contribution in [0.5, 0.6) is 0 Å². The zero-order chi connectivity index (χ0) is 12.0. The molecule has 0 aliphatic carbocycles. The highest BCUT2D eigenvalue weighted by Crippen LogP contribution is 2.26. The molecule has 1 atom stereocenters. The van der Waals surface area contributed by atoms with Crippen molar-refractivity contribution in [2.24, 2.45) is 12.5 Å². The van der Waals surface area contributed by atoms with Crippen LogP contribution in [0.1, 0.15) is 39.3 Å². The number of nitrogens with one attached hydrogen (secondary N) is 1. The fraction of sp³-hybridized carbons (Fsp3) is 0.769. The lowest BCUT2D eigenvalue weighted by Crippen LogP contribution is -2.31. The average molecular weight is 223 g/mol. The Bertz CT molecular complexity index is 306. The fourth-order valence-corrected chi connectivity index (χ4v) is 1.89. The maximum Gasteiger partial charge on any atom is 0.0492 e. The smallest absolute Gasteiger partial charge is 0.0492 e. The normalized spacial score (nSPS) is 15.0. The van der Waals surface area contributed by atoms with Crippen LogP contribution in [-0.2, 0) is 13.5 Å². The molecule has 1 aromatic rings. The van der Waals surface area contributed by atoms with E-state index in [0.29, 0.717) is 5.41 Å². The summed E-state index contributed by atoms with van der Waals surface area (Å²) in [6.45, 7) is 8.98. The number of hydrogen-bond donors (Lipinski definition) is 1. The lowest BCUT2D eigenvalue weighted by Gasteiger charge is -2.28. The summed E-state index contributed by atoms with van der Waals surface area (Å²) in [4.78, 5) is 0. The summed E-state index contributed by atoms with van der Waals surface area (Å²) in [6.07, 6.45) is 5.43. The molecule has 0 saturated carbocycles. The molecule has 0 radical (unpaired) electrons. The Kier molecular flexibility index (Phi) is 5.00. The van der Waals surface area contributed by atoms with Crippen LogP contribution in [-0.4, -0.2) is 22.9 Å². The summed E-state index contributed by atoms with van der Waals surface area (Å²) in [5.41, 5.74) is 1.73. The van der Waals surface area contributed by atoms with Crippen LogP contribution in [0.4, 0.5) is 0 Å². The van der Waals surface area contributed by atoms with Gasteiger partial charge in [0, 0.05) is 25.5 Å². The van der Waals surface area contributed by atoms with Crippen LogP contribution in [0.2, 0.25) is 0 Å². The van der Waals surface area contributed by atoms with Crippen LogP contribution in [0.25, 0.3) is 0 Å². The molecule has 0 spiro atoms. The van der Waals surface area contributed by atoms with Gasteiger partial charge in [0.05, 0.1) is 0 Å². The van der Waals surface area contributed by atoms with Gasteiger partial charge in [0.2, 0.25) is 0 Å². The zero-order valence-corrected chi connectivity index (χ0v) is 11.1. The summed E-state index contributed by atoms with van der Waals surface area (Å²) in [7, 11) is 2.02. The molecule has 1 unspecified atom stereocenters. The molecule has 3 nitrogen and oxygen atoms in total. The molecule has 0 aliphatic heterocycles. The van der Waals surface area contributed by atoms with E-state index >= 15 is 0 Å². The van der Waals surface area contributed by atoms with Gasteiger partial charge < -0.3 is 5.32 Å². The van der Waals surface area contributed by atoms with Gasteiger partial charge in [-0.3, -0.25) is 4.68 Å². The Balaban J connectivity index is 2.47. The van der Waals surface area contributed by atoms with Crippen LogP contribution in [0, 0.1) is 5.41 Å². The molecule has 1 aromatic heterocycles. The minimum Gasteiger partial charge on any atom is -0.316 e. The lowest BCUT2D eigenvalue weighted by molar-refractivity contribution is 0.270. The summed E-state index contributed by atoms with van der Waals surface area (Å²) >= 11 is 0. The molecule has 92 valence electrons. The first-order chi connectivity index (χ1) is 7.61. The minimum absolute atomic E-state index is 0.403. The van der Waals surface area contributed by atoms with E-state index in [0.717, 1.165) is 19.5 Å². The van der Waals surface area contributed by atoms with Crippen molar-refractivity contribution < 1.29 is 0 Å². The molecule has 0 amide bonds. The molecule has 0 aliphatic rings. The van der Waals surface area contributed by atoms with Gasteiger partial charge >= 0.3 is 0 Å². The average Bonchev–Trinajstić information content (AvgIpc) is 2.70. The number of rotatable bonds is 7. The van der Waals surface area contributed by atoms with Crippen molar-refractivity contribution in [2.45, 2.75) is 40.0 Å². The first kappa shape index (κ1) is 13.2. The van der Waals surface area contributed by atoms with Crippen LogP contribution in [0.15, 0.2) is 12.3 Å². The number of hydrogen-bond acceptors (Lipinski definition) is 2. The van der Waals surface area contributed by atoms with Crippen molar-refractivity contribution in [3.05, 3.63) is 18.0 Å². The molecule has 0 fully saturated rings. The Hall–Kier alpha value is -0.830. The van der Waals surface area contributed by atoms with E-state index in [-0.39, 0.29) is 0 Å². The molecule has 0 aromatic carbocycles. The van der Waals surface area contributed by atoms with Gasteiger partial charge in [0.25, 0.3) is 0 Å². The van der Waals surface area contributed by atoms with E-state index in [9.17, 15) is 0 Å². The number of aryl methyl sites for hydroxylation is 2. The van der Waals surface area contributed by atoms with Crippen molar-refractivity contribution in [1.82, 2.24) is 15.1 Å². The van der Waals surface area contributed by atoms with Crippen molar-refractivity contribution in [1.29, 1.82) is 0 Å². The Labute approximate surface area is 99.2 Å². The maximum atomic E-state index is 4.21. The molecule has 0 saturated heterocycles. The third-order valence-corrected chi connectivity index (χ3v) is 3.56. The molecule has 1 heterocycles. The van der Waals surface area contributed by atoms with E-state index in [2.05, 4.69) is 37.3 Å². The lowest BCUT2D eigenvalue weighted by atomic mass is 9.82. The highest BCUT2D eigenvalue weighted by molar-refractivity contribution is 5.00. The highest BCUT2D eigenvalue weighted by atomic mass is 15.2. The maximum absolute atomic E-state index is 4.21. The minimum atomic E-state index is 0.403. The van der Waals surface area contributed by atoms with Gasteiger partial charge in [-0.15, -0.1) is 0 Å². The monoisotopic (exact) mass is 223 g/mol. The molecule has 16 heavy (non-hydrogen) atoms. The Morgan fingerprint density at radius 2 is 2.19 bits per heavy atom. The summed E-state index contributed by atoms with van der Waals surface area (Å²) in [5.74, 6) is 0. The third-order valence-electron chi connectivity index (χ3n) is 3.56. The van der Waals surface area contributed by atoms with Gasteiger partial charge in [0.1, 0.15) is 0 Å². The molecule has 1 N–H and O–H groups in total. The highest BCUT2D eigenvalue weighted by Gasteiger charge is 2.21. The summed E-state index contributed by atoms with van der Waals surface area (Å²) < 4.78 is 1.98. The van der Waals surface area contributed by atoms with Gasteiger partial charge in [-0.05, 0) is 37.3 Å². The number of aromatic nitrogens is 2. The SMILES string of the molecule is CCNCC(C)(CC)CCc1ccnn1C. The van der Waals surface area contributed by atoms with Gasteiger partial charge in [-0.1, -0.05) is 20.8 Å². The topological polar surface area (TPSA) is 29.9 Å². The molecule has 3 heteroatoms. The van der Waals surface area contributed by atoms with Gasteiger partial charge in [-0.25, -0.2) is 0 Å². The predicted octanol–water partition coefficient (Wildman–Crippen LogP) is 2.38. The Morgan fingerprint density at radius 1 is 1.44 bits per heavy atom. The second-order valence-electron chi connectivity index (χ2n) is 4.89. The van der Waals surface area contributed by atoms with Gasteiger partial charge in [-0.2, -0.15) is 5.10 Å². The van der Waals surface area contributed by atoms with E-state index in [1.807, 2.05) is 17.9 Å². The first-order valence-corrected chi connectivity index (χ1v) is 6.29. The van der Waals surface area contributed by atoms with Crippen molar-refractivity contribution in [3.8, 4) is 0 Å². The van der Waals surface area contributed by atoms with Crippen molar-refractivity contribution >= 4 is 0 Å². The molecular formula is C13H25N3. The first-order valence-electron chi connectivity index (χ1n) is 6.29. The van der Waals surface area contributed by atoms with Crippen LogP contribution < -0.4 is 5.32 Å². The van der Waals surface area contributed by atoms with Crippen LogP contribution >= 0.6 is 0 Å². The third kappa shape index (κ3) is 3.63. The zero-order valence-electron chi connectivity index (χ0n) is 11.1. The predicted molar refractivity (Wildman–Crippen MR) is 68.5 cm³/mol. The largest absolute Gasteiger partial charge is 0.316 e. The van der Waals surface area contributed by atoms with E-state index in [4.69, 9.17) is 0 Å². The fourth-order valence-electron chi connectivity index (χ4n) is 1.89. The van der Waals surface area contributed by atoms with Crippen LogP contribution in [0.3, 0.4) is 0 Å². The summed E-state index contributed by atoms with van der Waals surface area (Å²) in [6, 6.07) is 2.11. The van der Waals surface area contributed by atoms with Gasteiger partial charge in [0.15, 0.2) is 0 Å². The quantitative estimate of drug-likeness (QED) is 0.769. The Morgan fingerprint density at radius 3 is 2.69 bits per heavy atom.